The lowest BCUT2D eigenvalue weighted by molar-refractivity contribution is -0.122. The van der Waals surface area contributed by atoms with E-state index in [-0.39, 0.29) is 11.8 Å². The molecular formula is C17H26N6OS. The summed E-state index contributed by atoms with van der Waals surface area (Å²) in [6.45, 7) is 6.33. The van der Waals surface area contributed by atoms with Crippen LogP contribution in [0.4, 0.5) is 5.82 Å². The zero-order chi connectivity index (χ0) is 17.6. The Bertz CT molecular complexity index is 727. The predicted octanol–water partition coefficient (Wildman–Crippen LogP) is 2.68. The van der Waals surface area contributed by atoms with Crippen LogP contribution in [0.5, 0.6) is 0 Å². The Labute approximate surface area is 152 Å². The van der Waals surface area contributed by atoms with Gasteiger partial charge in [0.05, 0.1) is 18.1 Å². The molecule has 1 amide bonds. The van der Waals surface area contributed by atoms with Crippen molar-refractivity contribution in [3.05, 3.63) is 6.20 Å². The number of fused-ring (bicyclic) bond motifs is 1. The second-order valence-corrected chi connectivity index (χ2v) is 7.36. The lowest BCUT2D eigenvalue weighted by Gasteiger charge is -2.09. The highest BCUT2D eigenvalue weighted by Crippen LogP contribution is 2.28. The summed E-state index contributed by atoms with van der Waals surface area (Å²) in [5, 5.41) is 12.5. The maximum atomic E-state index is 11.8. The second kappa shape index (κ2) is 8.51. The Balaban J connectivity index is 1.76. The van der Waals surface area contributed by atoms with Crippen LogP contribution < -0.4 is 10.6 Å². The van der Waals surface area contributed by atoms with Crippen molar-refractivity contribution in [2.75, 3.05) is 24.2 Å². The van der Waals surface area contributed by atoms with Crippen molar-refractivity contribution in [3.63, 3.8) is 0 Å². The van der Waals surface area contributed by atoms with Crippen LogP contribution in [-0.2, 0) is 11.3 Å². The van der Waals surface area contributed by atoms with Gasteiger partial charge in [0.1, 0.15) is 5.82 Å². The van der Waals surface area contributed by atoms with Crippen LogP contribution in [0.2, 0.25) is 0 Å². The molecule has 0 saturated heterocycles. The molecule has 3 rings (SSSR count). The van der Waals surface area contributed by atoms with E-state index in [1.54, 1.807) is 11.8 Å². The number of amides is 1. The number of anilines is 1. The van der Waals surface area contributed by atoms with Gasteiger partial charge >= 0.3 is 0 Å². The minimum Gasteiger partial charge on any atom is -0.369 e. The van der Waals surface area contributed by atoms with Crippen molar-refractivity contribution >= 4 is 34.5 Å². The van der Waals surface area contributed by atoms with E-state index in [0.29, 0.717) is 13.1 Å². The number of hydrogen-bond donors (Lipinski definition) is 2. The van der Waals surface area contributed by atoms with Crippen molar-refractivity contribution in [1.29, 1.82) is 0 Å². The number of thioether (sulfide) groups is 1. The van der Waals surface area contributed by atoms with E-state index in [0.717, 1.165) is 60.0 Å². The summed E-state index contributed by atoms with van der Waals surface area (Å²) in [6, 6.07) is 0. The van der Waals surface area contributed by atoms with Gasteiger partial charge in [0.2, 0.25) is 5.91 Å². The standard InChI is InChI=1S/C17H26N6OS/c1-3-7-18-14-13-11-20-23(9-8-19-16(24)12-5-6-12)15(13)22-17(21-14)25-10-4-2/h11-12H,3-10H2,1-2H3,(H,19,24)(H,18,21,22). The Morgan fingerprint density at radius 3 is 2.84 bits per heavy atom. The summed E-state index contributed by atoms with van der Waals surface area (Å²) in [7, 11) is 0. The second-order valence-electron chi connectivity index (χ2n) is 6.30. The van der Waals surface area contributed by atoms with Gasteiger partial charge in [-0.1, -0.05) is 25.6 Å². The first-order valence-corrected chi connectivity index (χ1v) is 10.1. The summed E-state index contributed by atoms with van der Waals surface area (Å²) >= 11 is 1.66. The molecule has 1 fully saturated rings. The Hall–Kier alpha value is -1.83. The van der Waals surface area contributed by atoms with Crippen molar-refractivity contribution in [2.45, 2.75) is 51.2 Å². The molecule has 1 aliphatic rings. The molecule has 7 nitrogen and oxygen atoms in total. The SMILES string of the molecule is CCCNc1nc(SCCC)nc2c1cnn2CCNC(=O)C1CC1. The summed E-state index contributed by atoms with van der Waals surface area (Å²) in [4.78, 5) is 21.1. The highest BCUT2D eigenvalue weighted by Gasteiger charge is 2.29. The fourth-order valence-electron chi connectivity index (χ4n) is 2.51. The zero-order valence-corrected chi connectivity index (χ0v) is 15.7. The fourth-order valence-corrected chi connectivity index (χ4v) is 3.20. The van der Waals surface area contributed by atoms with Crippen LogP contribution in [0, 0.1) is 5.92 Å². The number of nitrogens with zero attached hydrogens (tertiary/aromatic N) is 4. The van der Waals surface area contributed by atoms with E-state index in [4.69, 9.17) is 0 Å². The van der Waals surface area contributed by atoms with E-state index < -0.39 is 0 Å². The third-order valence-corrected chi connectivity index (χ3v) is 5.08. The van der Waals surface area contributed by atoms with Gasteiger partial charge in [0.25, 0.3) is 0 Å². The van der Waals surface area contributed by atoms with E-state index in [2.05, 4.69) is 39.5 Å². The summed E-state index contributed by atoms with van der Waals surface area (Å²) in [6.07, 6.45) is 5.97. The average Bonchev–Trinajstić information content (AvgIpc) is 3.40. The van der Waals surface area contributed by atoms with Gasteiger partial charge in [0.15, 0.2) is 10.8 Å². The molecule has 0 unspecified atom stereocenters. The smallest absolute Gasteiger partial charge is 0.223 e. The molecule has 25 heavy (non-hydrogen) atoms. The third kappa shape index (κ3) is 4.62. The Morgan fingerprint density at radius 1 is 1.28 bits per heavy atom. The molecule has 2 aromatic heterocycles. The molecule has 0 aromatic carbocycles. The molecule has 0 radical (unpaired) electrons. The fraction of sp³-hybridized carbons (Fsp3) is 0.647. The molecular weight excluding hydrogens is 336 g/mol. The number of nitrogens with one attached hydrogen (secondary N) is 2. The molecule has 136 valence electrons. The molecule has 2 N–H and O–H groups in total. The Morgan fingerprint density at radius 2 is 2.12 bits per heavy atom. The lowest BCUT2D eigenvalue weighted by atomic mass is 10.3. The van der Waals surface area contributed by atoms with Gasteiger partial charge < -0.3 is 10.6 Å². The quantitative estimate of drug-likeness (QED) is 0.499. The zero-order valence-electron chi connectivity index (χ0n) is 14.9. The van der Waals surface area contributed by atoms with Gasteiger partial charge in [-0.15, -0.1) is 0 Å². The lowest BCUT2D eigenvalue weighted by Crippen LogP contribution is -2.28. The summed E-state index contributed by atoms with van der Waals surface area (Å²) in [5.41, 5.74) is 0.827. The molecule has 0 spiro atoms. The van der Waals surface area contributed by atoms with Gasteiger partial charge in [-0.3, -0.25) is 4.79 Å². The first kappa shape index (κ1) is 18.0. The monoisotopic (exact) mass is 362 g/mol. The van der Waals surface area contributed by atoms with Crippen LogP contribution in [0.1, 0.15) is 39.5 Å². The van der Waals surface area contributed by atoms with Crippen molar-refractivity contribution < 1.29 is 4.79 Å². The van der Waals surface area contributed by atoms with Gasteiger partial charge in [-0.25, -0.2) is 14.6 Å². The van der Waals surface area contributed by atoms with Crippen LogP contribution in [0.3, 0.4) is 0 Å². The van der Waals surface area contributed by atoms with E-state index >= 15 is 0 Å². The summed E-state index contributed by atoms with van der Waals surface area (Å²) in [5.74, 6) is 2.23. The minimum absolute atomic E-state index is 0.163. The largest absolute Gasteiger partial charge is 0.369 e. The van der Waals surface area contributed by atoms with Crippen LogP contribution in [0.25, 0.3) is 11.0 Å². The number of rotatable bonds is 10. The number of carbonyl (C=O) groups is 1. The molecule has 0 aliphatic heterocycles. The highest BCUT2D eigenvalue weighted by atomic mass is 32.2. The van der Waals surface area contributed by atoms with E-state index in [1.807, 2.05) is 10.9 Å². The van der Waals surface area contributed by atoms with Crippen LogP contribution in [0.15, 0.2) is 11.4 Å². The first-order chi connectivity index (χ1) is 12.2. The molecule has 1 saturated carbocycles. The average molecular weight is 363 g/mol. The molecule has 0 atom stereocenters. The van der Waals surface area contributed by atoms with Crippen molar-refractivity contribution in [1.82, 2.24) is 25.1 Å². The molecule has 0 bridgehead atoms. The maximum Gasteiger partial charge on any atom is 0.223 e. The van der Waals surface area contributed by atoms with Crippen molar-refractivity contribution in [2.24, 2.45) is 5.92 Å². The highest BCUT2D eigenvalue weighted by molar-refractivity contribution is 7.99. The topological polar surface area (TPSA) is 84.7 Å². The minimum atomic E-state index is 0.163. The normalized spacial score (nSPS) is 14.0. The van der Waals surface area contributed by atoms with Crippen molar-refractivity contribution in [3.8, 4) is 0 Å². The van der Waals surface area contributed by atoms with Crippen LogP contribution >= 0.6 is 11.8 Å². The number of hydrogen-bond acceptors (Lipinski definition) is 6. The van der Waals surface area contributed by atoms with E-state index in [1.165, 1.54) is 0 Å². The van der Waals surface area contributed by atoms with E-state index in [9.17, 15) is 4.79 Å². The van der Waals surface area contributed by atoms with Gasteiger partial charge in [-0.2, -0.15) is 5.10 Å². The number of aromatic nitrogens is 4. The predicted molar refractivity (Wildman–Crippen MR) is 101 cm³/mol. The van der Waals surface area contributed by atoms with Crippen LogP contribution in [-0.4, -0.2) is 44.5 Å². The molecule has 8 heteroatoms. The molecule has 1 aliphatic carbocycles. The molecule has 2 heterocycles. The third-order valence-electron chi connectivity index (χ3n) is 4.02. The van der Waals surface area contributed by atoms with Gasteiger partial charge in [0, 0.05) is 24.8 Å². The first-order valence-electron chi connectivity index (χ1n) is 9.10. The summed E-state index contributed by atoms with van der Waals surface area (Å²) < 4.78 is 1.86. The Kier molecular flexibility index (Phi) is 6.12. The number of carbonyl (C=O) groups excluding carboxylic acids is 1. The maximum absolute atomic E-state index is 11.8. The van der Waals surface area contributed by atoms with Gasteiger partial charge in [-0.05, 0) is 25.7 Å². The molecule has 2 aromatic rings.